The Bertz CT molecular complexity index is 1070. The Hall–Kier alpha value is -3.58. The smallest absolute Gasteiger partial charge is 0.545 e. The van der Waals surface area contributed by atoms with Crippen molar-refractivity contribution >= 4 is 11.9 Å². The first-order valence-electron chi connectivity index (χ1n) is 9.14. The average molecular weight is 566 g/mol. The van der Waals surface area contributed by atoms with Crippen LogP contribution in [0.25, 0.3) is 11.4 Å². The summed E-state index contributed by atoms with van der Waals surface area (Å²) in [5.41, 5.74) is 1.03. The molecule has 0 aliphatic heterocycles. The predicted octanol–water partition coefficient (Wildman–Crippen LogP) is 1.60. The van der Waals surface area contributed by atoms with Gasteiger partial charge >= 0.3 is 27.3 Å². The topological polar surface area (TPSA) is 139 Å². The number of rotatable bonds is 3. The molecule has 0 amide bonds. The number of benzene rings is 2. The first-order chi connectivity index (χ1) is 15.4. The van der Waals surface area contributed by atoms with Crippen molar-refractivity contribution in [2.45, 2.75) is 0 Å². The molecule has 0 saturated heterocycles. The van der Waals surface area contributed by atoms with Crippen molar-refractivity contribution in [3.63, 3.8) is 0 Å². The Balaban J connectivity index is 0.000000470. The molecule has 0 saturated carbocycles. The van der Waals surface area contributed by atoms with Crippen molar-refractivity contribution < 1.29 is 61.4 Å². The summed E-state index contributed by atoms with van der Waals surface area (Å²) in [5.74, 6) is -4.50. The molecule has 34 heavy (non-hydrogen) atoms. The van der Waals surface area contributed by atoms with Gasteiger partial charge in [-0.15, -0.1) is 0 Å². The third-order valence-electron chi connectivity index (χ3n) is 3.78. The van der Waals surface area contributed by atoms with Gasteiger partial charge in [-0.2, -0.15) is 0 Å². The van der Waals surface area contributed by atoms with Gasteiger partial charge in [0.05, 0.1) is 23.3 Å². The minimum atomic E-state index is -1.49. The third-order valence-corrected chi connectivity index (χ3v) is 3.78. The van der Waals surface area contributed by atoms with E-state index in [9.17, 15) is 28.6 Å². The van der Waals surface area contributed by atoms with Crippen LogP contribution in [0.5, 0.6) is 0 Å². The van der Waals surface area contributed by atoms with Crippen LogP contribution < -0.4 is 10.2 Å². The Morgan fingerprint density at radius 3 is 1.15 bits per heavy atom. The molecular weight excluding hydrogens is 547 g/mol. The molecule has 2 aromatic carbocycles. The van der Waals surface area contributed by atoms with E-state index in [0.29, 0.717) is 0 Å². The van der Waals surface area contributed by atoms with Crippen molar-refractivity contribution in [3.05, 3.63) is 120 Å². The number of hydrogen-bond acceptors (Lipinski definition) is 6. The standard InChI is InChI=1S/C10H8N2.2C7H5FO2.Cd.H2O/c1-3-7-11-9(5-1)10-6-2-4-8-12-10;2*8-6-4-2-1-3-5(6)7(9)10;;/h1-8H;2*1-4H,(H,9,10);;1H2/q;;;+2;/p-1. The maximum Gasteiger partial charge on any atom is 2.00 e. The molecule has 0 spiro atoms. The van der Waals surface area contributed by atoms with Gasteiger partial charge in [0.15, 0.2) is 0 Å². The summed E-state index contributed by atoms with van der Waals surface area (Å²) in [4.78, 5) is 28.5. The van der Waals surface area contributed by atoms with Gasteiger partial charge in [0.2, 0.25) is 0 Å². The first-order valence-corrected chi connectivity index (χ1v) is 9.14. The fourth-order valence-corrected chi connectivity index (χ4v) is 2.28. The van der Waals surface area contributed by atoms with Crippen LogP contribution >= 0.6 is 0 Å². The van der Waals surface area contributed by atoms with Crippen LogP contribution in [-0.4, -0.2) is 21.9 Å². The minimum absolute atomic E-state index is 0. The van der Waals surface area contributed by atoms with Crippen LogP contribution in [0.3, 0.4) is 0 Å². The molecule has 0 aliphatic carbocycles. The normalized spacial score (nSPS) is 8.88. The van der Waals surface area contributed by atoms with Crippen LogP contribution in [0.1, 0.15) is 20.7 Å². The van der Waals surface area contributed by atoms with Crippen molar-refractivity contribution in [1.29, 1.82) is 0 Å². The largest absolute Gasteiger partial charge is 2.00 e. The third kappa shape index (κ3) is 9.92. The summed E-state index contributed by atoms with van der Waals surface area (Å²) < 4.78 is 24.8. The number of carboxylic acid groups (broad SMARTS) is 2. The molecule has 0 radical (unpaired) electrons. The summed E-state index contributed by atoms with van der Waals surface area (Å²) in [6, 6.07) is 21.8. The van der Waals surface area contributed by atoms with Crippen LogP contribution in [0.4, 0.5) is 8.78 Å². The quantitative estimate of drug-likeness (QED) is 0.273. The number of aromatic nitrogens is 2. The molecule has 7 nitrogen and oxygen atoms in total. The molecule has 3 N–H and O–H groups in total. The molecule has 0 aliphatic rings. The molecule has 0 bridgehead atoms. The fourth-order valence-electron chi connectivity index (χ4n) is 2.28. The van der Waals surface area contributed by atoms with E-state index in [1.54, 1.807) is 12.4 Å². The summed E-state index contributed by atoms with van der Waals surface area (Å²) in [5, 5.41) is 20.1. The van der Waals surface area contributed by atoms with E-state index in [2.05, 4.69) is 9.97 Å². The maximum atomic E-state index is 12.4. The maximum absolute atomic E-state index is 12.4. The molecule has 0 fully saturated rings. The molecule has 2 aromatic heterocycles. The number of carbonyl (C=O) groups excluding carboxylic acids is 2. The van der Waals surface area contributed by atoms with Crippen molar-refractivity contribution in [2.75, 3.05) is 0 Å². The first kappa shape index (κ1) is 30.4. The van der Waals surface area contributed by atoms with Crippen LogP contribution in [0.2, 0.25) is 0 Å². The predicted molar refractivity (Wildman–Crippen MR) is 114 cm³/mol. The van der Waals surface area contributed by atoms with Gasteiger partial charge in [-0.05, 0) is 36.4 Å². The summed E-state index contributed by atoms with van der Waals surface area (Å²) in [6.07, 6.45) is 3.54. The SMILES string of the molecule is O=C([O-])c1ccccc1F.O=C([O-])c1ccccc1F.[Cd+2].[OH3+].c1ccc(-c2ccccn2)nc1. The molecule has 10 heteroatoms. The Labute approximate surface area is 214 Å². The van der Waals surface area contributed by atoms with E-state index in [1.165, 1.54) is 24.3 Å². The van der Waals surface area contributed by atoms with Crippen LogP contribution in [0.15, 0.2) is 97.3 Å². The molecule has 2 heterocycles. The summed E-state index contributed by atoms with van der Waals surface area (Å²) >= 11 is 0. The number of carboxylic acids is 2. The Kier molecular flexibility index (Phi) is 14.4. The van der Waals surface area contributed by atoms with E-state index in [4.69, 9.17) is 0 Å². The minimum Gasteiger partial charge on any atom is -0.545 e. The average Bonchev–Trinajstić information content (AvgIpc) is 2.81. The van der Waals surface area contributed by atoms with E-state index < -0.39 is 34.7 Å². The fraction of sp³-hybridized carbons (Fsp3) is 0. The van der Waals surface area contributed by atoms with Gasteiger partial charge in [0.25, 0.3) is 0 Å². The molecule has 0 atom stereocenters. The summed E-state index contributed by atoms with van der Waals surface area (Å²) in [6.45, 7) is 0. The number of hydrogen-bond donors (Lipinski definition) is 0. The van der Waals surface area contributed by atoms with Crippen molar-refractivity contribution in [1.82, 2.24) is 9.97 Å². The van der Waals surface area contributed by atoms with E-state index in [0.717, 1.165) is 35.7 Å². The number of pyridine rings is 2. The van der Waals surface area contributed by atoms with Gasteiger partial charge in [-0.1, -0.05) is 48.5 Å². The molecule has 0 unspecified atom stereocenters. The van der Waals surface area contributed by atoms with Crippen LogP contribution in [-0.2, 0) is 32.8 Å². The second-order valence-corrected chi connectivity index (χ2v) is 5.96. The second-order valence-electron chi connectivity index (χ2n) is 5.96. The zero-order chi connectivity index (χ0) is 23.3. The number of nitrogens with zero attached hydrogens (tertiary/aromatic N) is 2. The van der Waals surface area contributed by atoms with Crippen molar-refractivity contribution in [2.24, 2.45) is 0 Å². The van der Waals surface area contributed by atoms with E-state index in [1.807, 2.05) is 36.4 Å². The van der Waals surface area contributed by atoms with E-state index in [-0.39, 0.29) is 32.8 Å². The molecule has 4 aromatic rings. The number of aromatic carboxylic acids is 2. The Morgan fingerprint density at radius 2 is 0.912 bits per heavy atom. The number of carbonyl (C=O) groups is 2. The Morgan fingerprint density at radius 1 is 0.588 bits per heavy atom. The van der Waals surface area contributed by atoms with E-state index >= 15 is 0 Å². The van der Waals surface area contributed by atoms with Gasteiger partial charge in [0, 0.05) is 23.5 Å². The van der Waals surface area contributed by atoms with Gasteiger partial charge in [0.1, 0.15) is 11.6 Å². The summed E-state index contributed by atoms with van der Waals surface area (Å²) in [7, 11) is 0. The van der Waals surface area contributed by atoms with Crippen LogP contribution in [0, 0.1) is 11.6 Å². The van der Waals surface area contributed by atoms with Crippen molar-refractivity contribution in [3.8, 4) is 11.4 Å². The monoisotopic (exact) mass is 567 g/mol. The molecular formula is C24H19CdF2N2O5+. The second kappa shape index (κ2) is 16.1. The van der Waals surface area contributed by atoms with Gasteiger partial charge in [-0.25, -0.2) is 8.78 Å². The molecule has 170 valence electrons. The molecule has 4 rings (SSSR count). The zero-order valence-corrected chi connectivity index (χ0v) is 21.8. The number of halogens is 2. The zero-order valence-electron chi connectivity index (χ0n) is 17.8. The van der Waals surface area contributed by atoms with Gasteiger partial charge < -0.3 is 25.3 Å². The van der Waals surface area contributed by atoms with Gasteiger partial charge in [-0.3, -0.25) is 9.97 Å².